The number of hydrogen-bond donors (Lipinski definition) is 1. The van der Waals surface area contributed by atoms with Gasteiger partial charge in [0.05, 0.1) is 6.10 Å². The lowest BCUT2D eigenvalue weighted by atomic mass is 9.90. The van der Waals surface area contributed by atoms with E-state index in [4.69, 9.17) is 10.5 Å². The van der Waals surface area contributed by atoms with Crippen LogP contribution in [0.2, 0.25) is 0 Å². The van der Waals surface area contributed by atoms with Crippen molar-refractivity contribution in [2.24, 2.45) is 5.92 Å². The number of piperidine rings is 1. The van der Waals surface area contributed by atoms with Crippen LogP contribution in [0.15, 0.2) is 48.5 Å². The standard InChI is InChI=1S/C22H28FN3O/c23-19-3-7-21(8-4-19)26-15-22(27-16-26)14-25-11-9-18(10-12-25)13-17-1-5-20(24)6-2-17/h1-8,18,22H,9-16,24H2/t22-/m0/s1. The Morgan fingerprint density at radius 1 is 1.00 bits per heavy atom. The number of benzene rings is 2. The Bertz CT molecular complexity index is 726. The number of anilines is 2. The normalized spacial score (nSPS) is 21.7. The average Bonchev–Trinajstić information content (AvgIpc) is 3.14. The minimum atomic E-state index is -0.197. The molecule has 0 bridgehead atoms. The van der Waals surface area contributed by atoms with Crippen molar-refractivity contribution in [3.63, 3.8) is 0 Å². The summed E-state index contributed by atoms with van der Waals surface area (Å²) in [6.07, 6.45) is 3.84. The second-order valence-corrected chi connectivity index (χ2v) is 7.81. The summed E-state index contributed by atoms with van der Waals surface area (Å²) in [5, 5.41) is 0. The quantitative estimate of drug-likeness (QED) is 0.819. The Balaban J connectivity index is 1.21. The van der Waals surface area contributed by atoms with Gasteiger partial charge in [0.1, 0.15) is 12.5 Å². The second kappa shape index (κ2) is 8.28. The molecule has 2 aromatic carbocycles. The number of nitrogen functional groups attached to an aromatic ring is 1. The van der Waals surface area contributed by atoms with Crippen molar-refractivity contribution >= 4 is 11.4 Å². The summed E-state index contributed by atoms with van der Waals surface area (Å²) in [5.41, 5.74) is 9.02. The molecule has 0 spiro atoms. The highest BCUT2D eigenvalue weighted by Gasteiger charge is 2.27. The molecule has 2 saturated heterocycles. The topological polar surface area (TPSA) is 41.7 Å². The lowest BCUT2D eigenvalue weighted by Crippen LogP contribution is -2.40. The maximum Gasteiger partial charge on any atom is 0.123 e. The summed E-state index contributed by atoms with van der Waals surface area (Å²) in [6, 6.07) is 15.0. The van der Waals surface area contributed by atoms with Gasteiger partial charge in [0.25, 0.3) is 0 Å². The van der Waals surface area contributed by atoms with E-state index in [1.165, 1.54) is 30.5 Å². The minimum Gasteiger partial charge on any atom is -0.399 e. The molecular weight excluding hydrogens is 341 g/mol. The molecule has 2 fully saturated rings. The van der Waals surface area contributed by atoms with Crippen LogP contribution in [0.3, 0.4) is 0 Å². The average molecular weight is 369 g/mol. The van der Waals surface area contributed by atoms with Crippen LogP contribution in [-0.2, 0) is 11.2 Å². The van der Waals surface area contributed by atoms with Gasteiger partial charge in [0.2, 0.25) is 0 Å². The van der Waals surface area contributed by atoms with Crippen molar-refractivity contribution in [3.8, 4) is 0 Å². The van der Waals surface area contributed by atoms with Gasteiger partial charge >= 0.3 is 0 Å². The van der Waals surface area contributed by atoms with Crippen LogP contribution in [0.5, 0.6) is 0 Å². The summed E-state index contributed by atoms with van der Waals surface area (Å²) in [4.78, 5) is 4.70. The third-order valence-electron chi connectivity index (χ3n) is 5.75. The number of hydrogen-bond acceptors (Lipinski definition) is 4. The summed E-state index contributed by atoms with van der Waals surface area (Å²) < 4.78 is 19.0. The lowest BCUT2D eigenvalue weighted by Gasteiger charge is -2.33. The first-order chi connectivity index (χ1) is 13.2. The van der Waals surface area contributed by atoms with Crippen molar-refractivity contribution in [3.05, 3.63) is 59.9 Å². The van der Waals surface area contributed by atoms with Crippen LogP contribution in [0.25, 0.3) is 0 Å². The molecule has 0 radical (unpaired) electrons. The van der Waals surface area contributed by atoms with Crippen LogP contribution >= 0.6 is 0 Å². The van der Waals surface area contributed by atoms with E-state index in [0.717, 1.165) is 49.9 Å². The van der Waals surface area contributed by atoms with Gasteiger partial charge in [-0.05, 0) is 80.2 Å². The number of ether oxygens (including phenoxy) is 1. The number of halogens is 1. The fourth-order valence-corrected chi connectivity index (χ4v) is 4.14. The van der Waals surface area contributed by atoms with Crippen molar-refractivity contribution in [1.29, 1.82) is 0 Å². The van der Waals surface area contributed by atoms with Gasteiger partial charge in [-0.1, -0.05) is 12.1 Å². The van der Waals surface area contributed by atoms with Gasteiger partial charge < -0.3 is 20.3 Å². The summed E-state index contributed by atoms with van der Waals surface area (Å²) in [6.45, 7) is 4.71. The van der Waals surface area contributed by atoms with Gasteiger partial charge in [-0.3, -0.25) is 0 Å². The van der Waals surface area contributed by atoms with Crippen molar-refractivity contribution < 1.29 is 9.13 Å². The zero-order chi connectivity index (χ0) is 18.6. The monoisotopic (exact) mass is 369 g/mol. The molecule has 2 aliphatic rings. The summed E-state index contributed by atoms with van der Waals surface area (Å²) >= 11 is 0. The maximum absolute atomic E-state index is 13.1. The van der Waals surface area contributed by atoms with Crippen LogP contribution in [0, 0.1) is 11.7 Å². The molecule has 27 heavy (non-hydrogen) atoms. The largest absolute Gasteiger partial charge is 0.399 e. The van der Waals surface area contributed by atoms with Gasteiger partial charge in [0.15, 0.2) is 0 Å². The van der Waals surface area contributed by atoms with E-state index < -0.39 is 0 Å². The molecule has 4 nitrogen and oxygen atoms in total. The lowest BCUT2D eigenvalue weighted by molar-refractivity contribution is 0.0645. The molecule has 2 aromatic rings. The maximum atomic E-state index is 13.1. The van der Waals surface area contributed by atoms with Gasteiger partial charge in [0, 0.05) is 24.5 Å². The first-order valence-corrected chi connectivity index (χ1v) is 9.84. The van der Waals surface area contributed by atoms with Crippen LogP contribution < -0.4 is 10.6 Å². The molecule has 0 amide bonds. The molecule has 2 aliphatic heterocycles. The summed E-state index contributed by atoms with van der Waals surface area (Å²) in [7, 11) is 0. The van der Waals surface area contributed by atoms with Crippen molar-refractivity contribution in [2.75, 3.05) is 43.5 Å². The number of nitrogens with two attached hydrogens (primary N) is 1. The molecule has 0 aromatic heterocycles. The zero-order valence-corrected chi connectivity index (χ0v) is 15.7. The molecule has 5 heteroatoms. The molecular formula is C22H28FN3O. The van der Waals surface area contributed by atoms with E-state index in [9.17, 15) is 4.39 Å². The number of nitrogens with zero attached hydrogens (tertiary/aromatic N) is 2. The highest BCUT2D eigenvalue weighted by Crippen LogP contribution is 2.24. The Labute approximate surface area is 160 Å². The SMILES string of the molecule is Nc1ccc(CC2CCN(C[C@H]3CN(c4ccc(F)cc4)CO3)CC2)cc1. The van der Waals surface area contributed by atoms with Crippen LogP contribution in [0.1, 0.15) is 18.4 Å². The van der Waals surface area contributed by atoms with E-state index in [2.05, 4.69) is 21.9 Å². The smallest absolute Gasteiger partial charge is 0.123 e. The minimum absolute atomic E-state index is 0.197. The number of rotatable bonds is 5. The van der Waals surface area contributed by atoms with E-state index >= 15 is 0 Å². The Morgan fingerprint density at radius 2 is 1.70 bits per heavy atom. The Morgan fingerprint density at radius 3 is 2.41 bits per heavy atom. The van der Waals surface area contributed by atoms with Gasteiger partial charge in [-0.25, -0.2) is 4.39 Å². The fraction of sp³-hybridized carbons (Fsp3) is 0.455. The molecule has 1 atom stereocenters. The van der Waals surface area contributed by atoms with Gasteiger partial charge in [-0.2, -0.15) is 0 Å². The third kappa shape index (κ3) is 4.79. The first kappa shape index (κ1) is 18.3. The highest BCUT2D eigenvalue weighted by atomic mass is 19.1. The first-order valence-electron chi connectivity index (χ1n) is 9.84. The fourth-order valence-electron chi connectivity index (χ4n) is 4.14. The predicted molar refractivity (Wildman–Crippen MR) is 107 cm³/mol. The molecule has 0 saturated carbocycles. The highest BCUT2D eigenvalue weighted by molar-refractivity contribution is 5.46. The van der Waals surface area contributed by atoms with E-state index in [-0.39, 0.29) is 11.9 Å². The third-order valence-corrected chi connectivity index (χ3v) is 5.75. The van der Waals surface area contributed by atoms with Crippen LogP contribution in [0.4, 0.5) is 15.8 Å². The second-order valence-electron chi connectivity index (χ2n) is 7.81. The van der Waals surface area contributed by atoms with E-state index in [1.54, 1.807) is 0 Å². The Hall–Kier alpha value is -2.11. The van der Waals surface area contributed by atoms with Crippen molar-refractivity contribution in [1.82, 2.24) is 4.90 Å². The predicted octanol–water partition coefficient (Wildman–Crippen LogP) is 3.53. The summed E-state index contributed by atoms with van der Waals surface area (Å²) in [5.74, 6) is 0.558. The Kier molecular flexibility index (Phi) is 5.60. The van der Waals surface area contributed by atoms with Crippen molar-refractivity contribution in [2.45, 2.75) is 25.4 Å². The molecule has 4 rings (SSSR count). The number of likely N-dealkylation sites (tertiary alicyclic amines) is 1. The molecule has 0 unspecified atom stereocenters. The van der Waals surface area contributed by atoms with E-state index in [1.807, 2.05) is 24.3 Å². The zero-order valence-electron chi connectivity index (χ0n) is 15.7. The molecule has 2 heterocycles. The molecule has 0 aliphatic carbocycles. The van der Waals surface area contributed by atoms with Crippen LogP contribution in [-0.4, -0.2) is 43.9 Å². The van der Waals surface area contributed by atoms with Gasteiger partial charge in [-0.15, -0.1) is 0 Å². The van der Waals surface area contributed by atoms with E-state index in [0.29, 0.717) is 6.73 Å². The molecule has 144 valence electrons. The molecule has 2 N–H and O–H groups in total.